The molecule has 1 aliphatic rings. The van der Waals surface area contributed by atoms with Crippen LogP contribution in [0.4, 0.5) is 4.39 Å². The number of benzene rings is 2. The SMILES string of the molecule is CCc1cc(CC(=O)N2CCc3c(n(Cc4cccc(F)c4)c4ncccc34)C2)ccc1C(=O)O. The van der Waals surface area contributed by atoms with Gasteiger partial charge in [0.05, 0.1) is 18.5 Å². The predicted molar refractivity (Wildman–Crippen MR) is 131 cm³/mol. The smallest absolute Gasteiger partial charge is 0.335 e. The summed E-state index contributed by atoms with van der Waals surface area (Å²) in [5.74, 6) is -1.24. The van der Waals surface area contributed by atoms with Gasteiger partial charge in [0.25, 0.3) is 0 Å². The molecule has 5 rings (SSSR count). The average Bonchev–Trinajstić information content (AvgIpc) is 3.16. The van der Waals surface area contributed by atoms with Crippen molar-refractivity contribution in [3.63, 3.8) is 0 Å². The van der Waals surface area contributed by atoms with E-state index in [2.05, 4.69) is 15.6 Å². The fourth-order valence-electron chi connectivity index (χ4n) is 5.01. The van der Waals surface area contributed by atoms with Crippen LogP contribution in [0.2, 0.25) is 0 Å². The Morgan fingerprint density at radius 2 is 1.94 bits per heavy atom. The molecule has 35 heavy (non-hydrogen) atoms. The van der Waals surface area contributed by atoms with Crippen molar-refractivity contribution >= 4 is 22.9 Å². The minimum absolute atomic E-state index is 0.00343. The van der Waals surface area contributed by atoms with Crippen LogP contribution in [0, 0.1) is 5.82 Å². The van der Waals surface area contributed by atoms with Crippen molar-refractivity contribution in [1.82, 2.24) is 14.5 Å². The third-order valence-corrected chi connectivity index (χ3v) is 6.73. The highest BCUT2D eigenvalue weighted by atomic mass is 19.1. The number of rotatable bonds is 6. The number of fused-ring (bicyclic) bond motifs is 3. The first-order valence-corrected chi connectivity index (χ1v) is 11.8. The van der Waals surface area contributed by atoms with E-state index in [9.17, 15) is 19.1 Å². The number of aromatic nitrogens is 2. The molecule has 1 N–H and O–H groups in total. The van der Waals surface area contributed by atoms with Crippen molar-refractivity contribution in [3.8, 4) is 0 Å². The molecule has 4 aromatic rings. The highest BCUT2D eigenvalue weighted by molar-refractivity contribution is 5.90. The van der Waals surface area contributed by atoms with Crippen LogP contribution in [0.25, 0.3) is 11.0 Å². The Morgan fingerprint density at radius 3 is 2.71 bits per heavy atom. The minimum Gasteiger partial charge on any atom is -0.478 e. The Bertz CT molecular complexity index is 1440. The van der Waals surface area contributed by atoms with Crippen LogP contribution < -0.4 is 0 Å². The molecule has 2 aromatic carbocycles. The molecule has 0 spiro atoms. The predicted octanol–water partition coefficient (Wildman–Crippen LogP) is 4.61. The van der Waals surface area contributed by atoms with Crippen molar-refractivity contribution < 1.29 is 19.1 Å². The van der Waals surface area contributed by atoms with Gasteiger partial charge in [0.2, 0.25) is 5.91 Å². The van der Waals surface area contributed by atoms with Crippen LogP contribution in [0.3, 0.4) is 0 Å². The Balaban J connectivity index is 1.43. The number of hydrogen-bond acceptors (Lipinski definition) is 3. The summed E-state index contributed by atoms with van der Waals surface area (Å²) in [5, 5.41) is 10.4. The van der Waals surface area contributed by atoms with E-state index in [0.29, 0.717) is 26.1 Å². The number of nitrogens with zero attached hydrogens (tertiary/aromatic N) is 3. The van der Waals surface area contributed by atoms with Gasteiger partial charge in [-0.15, -0.1) is 0 Å². The topological polar surface area (TPSA) is 75.4 Å². The molecule has 0 aliphatic carbocycles. The summed E-state index contributed by atoms with van der Waals surface area (Å²) in [4.78, 5) is 31.1. The number of aromatic carboxylic acids is 1. The lowest BCUT2D eigenvalue weighted by atomic mass is 9.99. The zero-order chi connectivity index (χ0) is 24.5. The number of hydrogen-bond donors (Lipinski definition) is 1. The number of halogens is 1. The van der Waals surface area contributed by atoms with E-state index in [1.807, 2.05) is 30.0 Å². The Kier molecular flexibility index (Phi) is 6.07. The van der Waals surface area contributed by atoms with Crippen LogP contribution in [-0.4, -0.2) is 38.0 Å². The number of pyridine rings is 1. The maximum atomic E-state index is 13.8. The van der Waals surface area contributed by atoms with E-state index in [1.54, 1.807) is 24.4 Å². The number of amides is 1. The third-order valence-electron chi connectivity index (χ3n) is 6.73. The molecular weight excluding hydrogens is 445 g/mol. The summed E-state index contributed by atoms with van der Waals surface area (Å²) in [6.07, 6.45) is 3.27. The maximum Gasteiger partial charge on any atom is 0.335 e. The second-order valence-electron chi connectivity index (χ2n) is 8.91. The molecule has 0 atom stereocenters. The van der Waals surface area contributed by atoms with E-state index in [1.165, 1.54) is 17.7 Å². The van der Waals surface area contributed by atoms with E-state index < -0.39 is 5.97 Å². The van der Waals surface area contributed by atoms with Crippen LogP contribution in [-0.2, 0) is 37.1 Å². The van der Waals surface area contributed by atoms with Crippen molar-refractivity contribution in [3.05, 3.63) is 100 Å². The van der Waals surface area contributed by atoms with Gasteiger partial charge in [-0.3, -0.25) is 4.79 Å². The van der Waals surface area contributed by atoms with Gasteiger partial charge in [0, 0.05) is 30.4 Å². The monoisotopic (exact) mass is 471 g/mol. The average molecular weight is 472 g/mol. The van der Waals surface area contributed by atoms with Crippen molar-refractivity contribution in [2.24, 2.45) is 0 Å². The summed E-state index contributed by atoms with van der Waals surface area (Å²) in [7, 11) is 0. The van der Waals surface area contributed by atoms with E-state index in [0.717, 1.165) is 39.8 Å². The minimum atomic E-state index is -0.956. The van der Waals surface area contributed by atoms with Gasteiger partial charge in [0.1, 0.15) is 11.5 Å². The summed E-state index contributed by atoms with van der Waals surface area (Å²) in [6.45, 7) is 3.44. The fraction of sp³-hybridized carbons (Fsp3) is 0.250. The summed E-state index contributed by atoms with van der Waals surface area (Å²) < 4.78 is 15.9. The Labute approximate surface area is 202 Å². The standard InChI is InChI=1S/C28H26FN3O3/c1-2-20-13-18(8-9-22(20)28(34)35)15-26(33)31-12-10-23-24-7-4-11-30-27(24)32(25(23)17-31)16-19-5-3-6-21(29)14-19/h3-9,11,13-14H,2,10,12,15-17H2,1H3,(H,34,35). The van der Waals surface area contributed by atoms with Gasteiger partial charge in [-0.2, -0.15) is 0 Å². The number of aryl methyl sites for hydroxylation is 1. The van der Waals surface area contributed by atoms with E-state index in [4.69, 9.17) is 0 Å². The highest BCUT2D eigenvalue weighted by Crippen LogP contribution is 2.31. The molecule has 0 radical (unpaired) electrons. The molecule has 7 heteroatoms. The molecular formula is C28H26FN3O3. The first-order valence-electron chi connectivity index (χ1n) is 11.8. The van der Waals surface area contributed by atoms with Crippen LogP contribution in [0.5, 0.6) is 0 Å². The van der Waals surface area contributed by atoms with Crippen molar-refractivity contribution in [1.29, 1.82) is 0 Å². The number of carbonyl (C=O) groups is 2. The molecule has 0 fully saturated rings. The third kappa shape index (κ3) is 4.41. The van der Waals surface area contributed by atoms with Gasteiger partial charge in [-0.05, 0) is 65.4 Å². The highest BCUT2D eigenvalue weighted by Gasteiger charge is 2.27. The van der Waals surface area contributed by atoms with Crippen LogP contribution in [0.15, 0.2) is 60.8 Å². The Morgan fingerprint density at radius 1 is 1.09 bits per heavy atom. The van der Waals surface area contributed by atoms with E-state index >= 15 is 0 Å². The summed E-state index contributed by atoms with van der Waals surface area (Å²) in [5.41, 5.74) is 5.71. The van der Waals surface area contributed by atoms with Gasteiger partial charge >= 0.3 is 5.97 Å². The van der Waals surface area contributed by atoms with Crippen LogP contribution >= 0.6 is 0 Å². The van der Waals surface area contributed by atoms with Crippen LogP contribution in [0.1, 0.15) is 45.2 Å². The van der Waals surface area contributed by atoms with Gasteiger partial charge < -0.3 is 14.6 Å². The van der Waals surface area contributed by atoms with Gasteiger partial charge in [-0.1, -0.05) is 31.2 Å². The lowest BCUT2D eigenvalue weighted by Crippen LogP contribution is -2.37. The lowest BCUT2D eigenvalue weighted by molar-refractivity contribution is -0.131. The number of carbonyl (C=O) groups excluding carboxylic acids is 1. The first-order chi connectivity index (χ1) is 16.9. The summed E-state index contributed by atoms with van der Waals surface area (Å²) in [6, 6.07) is 15.6. The van der Waals surface area contributed by atoms with Gasteiger partial charge in [-0.25, -0.2) is 14.2 Å². The normalized spacial score (nSPS) is 13.1. The molecule has 2 aromatic heterocycles. The molecule has 0 bridgehead atoms. The Hall–Kier alpha value is -4.00. The second kappa shape index (κ2) is 9.33. The fourth-order valence-corrected chi connectivity index (χ4v) is 5.01. The molecule has 3 heterocycles. The molecule has 0 saturated heterocycles. The number of carboxylic acids is 1. The molecule has 6 nitrogen and oxygen atoms in total. The largest absolute Gasteiger partial charge is 0.478 e. The van der Waals surface area contributed by atoms with Gasteiger partial charge in [0.15, 0.2) is 0 Å². The quantitative estimate of drug-likeness (QED) is 0.446. The molecule has 178 valence electrons. The van der Waals surface area contributed by atoms with E-state index in [-0.39, 0.29) is 23.7 Å². The second-order valence-corrected chi connectivity index (χ2v) is 8.91. The van der Waals surface area contributed by atoms with Crippen molar-refractivity contribution in [2.75, 3.05) is 6.54 Å². The molecule has 0 saturated carbocycles. The van der Waals surface area contributed by atoms with Crippen molar-refractivity contribution in [2.45, 2.75) is 39.3 Å². The molecule has 0 unspecified atom stereocenters. The molecule has 1 aliphatic heterocycles. The first kappa shape index (κ1) is 22.8. The lowest BCUT2D eigenvalue weighted by Gasteiger charge is -2.29. The molecule has 1 amide bonds. The zero-order valence-electron chi connectivity index (χ0n) is 19.5. The summed E-state index contributed by atoms with van der Waals surface area (Å²) >= 11 is 0. The zero-order valence-corrected chi connectivity index (χ0v) is 19.5. The maximum absolute atomic E-state index is 13.8. The number of carboxylic acid groups (broad SMARTS) is 1.